The van der Waals surface area contributed by atoms with Gasteiger partial charge in [-0.3, -0.25) is 9.79 Å². The molecular formula is C18H22FIN4O3. The number of halogens is 2. The van der Waals surface area contributed by atoms with Crippen LogP contribution in [0.1, 0.15) is 0 Å². The molecular weight excluding hydrogens is 466 g/mol. The van der Waals surface area contributed by atoms with Crippen LogP contribution in [0.4, 0.5) is 15.8 Å². The summed E-state index contributed by atoms with van der Waals surface area (Å²) in [6.07, 6.45) is 0. The van der Waals surface area contributed by atoms with Gasteiger partial charge in [0.25, 0.3) is 0 Å². The number of ether oxygens (including phenoxy) is 2. The van der Waals surface area contributed by atoms with Gasteiger partial charge in [0.2, 0.25) is 5.91 Å². The van der Waals surface area contributed by atoms with E-state index in [0.29, 0.717) is 28.8 Å². The molecule has 146 valence electrons. The molecule has 2 aromatic carbocycles. The molecule has 0 aliphatic rings. The molecule has 0 unspecified atom stereocenters. The number of hydrogen-bond donors (Lipinski definition) is 3. The summed E-state index contributed by atoms with van der Waals surface area (Å²) in [6.45, 7) is -0.0382. The highest BCUT2D eigenvalue weighted by atomic mass is 127. The van der Waals surface area contributed by atoms with Crippen LogP contribution in [0.25, 0.3) is 0 Å². The summed E-state index contributed by atoms with van der Waals surface area (Å²) in [7, 11) is 4.69. The van der Waals surface area contributed by atoms with Gasteiger partial charge in [-0.2, -0.15) is 0 Å². The second-order valence-corrected chi connectivity index (χ2v) is 5.18. The molecule has 0 radical (unpaired) electrons. The van der Waals surface area contributed by atoms with E-state index >= 15 is 0 Å². The number of carbonyl (C=O) groups is 1. The average Bonchev–Trinajstić information content (AvgIpc) is 2.64. The molecule has 3 N–H and O–H groups in total. The topological polar surface area (TPSA) is 84.0 Å². The first-order valence-corrected chi connectivity index (χ1v) is 7.81. The number of rotatable bonds is 6. The van der Waals surface area contributed by atoms with E-state index in [0.717, 1.165) is 0 Å². The maximum absolute atomic E-state index is 13.1. The third kappa shape index (κ3) is 6.93. The first kappa shape index (κ1) is 22.5. The van der Waals surface area contributed by atoms with Gasteiger partial charge in [0, 0.05) is 24.5 Å². The molecule has 7 nitrogen and oxygen atoms in total. The van der Waals surface area contributed by atoms with Gasteiger partial charge < -0.3 is 25.4 Å². The van der Waals surface area contributed by atoms with Crippen LogP contribution in [0, 0.1) is 5.82 Å². The Morgan fingerprint density at radius 3 is 2.37 bits per heavy atom. The van der Waals surface area contributed by atoms with E-state index in [1.54, 1.807) is 45.5 Å². The molecule has 0 heterocycles. The van der Waals surface area contributed by atoms with Gasteiger partial charge in [-0.05, 0) is 30.3 Å². The van der Waals surface area contributed by atoms with Crippen LogP contribution >= 0.6 is 24.0 Å². The zero-order chi connectivity index (χ0) is 18.9. The fourth-order valence-electron chi connectivity index (χ4n) is 2.17. The van der Waals surface area contributed by atoms with E-state index in [1.165, 1.54) is 18.2 Å². The number of nitrogens with zero attached hydrogens (tertiary/aromatic N) is 1. The molecule has 9 heteroatoms. The average molecular weight is 488 g/mol. The van der Waals surface area contributed by atoms with Crippen molar-refractivity contribution in [2.24, 2.45) is 4.99 Å². The summed E-state index contributed by atoms with van der Waals surface area (Å²) in [5.74, 6) is 0.825. The molecule has 0 saturated heterocycles. The number of methoxy groups -OCH3 is 2. The second kappa shape index (κ2) is 11.2. The van der Waals surface area contributed by atoms with Gasteiger partial charge >= 0.3 is 0 Å². The summed E-state index contributed by atoms with van der Waals surface area (Å²) >= 11 is 0. The van der Waals surface area contributed by atoms with E-state index < -0.39 is 5.82 Å². The summed E-state index contributed by atoms with van der Waals surface area (Å²) < 4.78 is 23.6. The fourth-order valence-corrected chi connectivity index (χ4v) is 2.17. The minimum atomic E-state index is -0.415. The van der Waals surface area contributed by atoms with Crippen LogP contribution in [0.2, 0.25) is 0 Å². The lowest BCUT2D eigenvalue weighted by Gasteiger charge is -2.14. The SMILES string of the molecule is CN=C(NCC(=O)Nc1cccc(F)c1)Nc1ccc(OC)c(OC)c1.I. The largest absolute Gasteiger partial charge is 0.493 e. The summed E-state index contributed by atoms with van der Waals surface area (Å²) in [5.41, 5.74) is 1.10. The van der Waals surface area contributed by atoms with Crippen LogP contribution in [-0.4, -0.2) is 39.7 Å². The standard InChI is InChI=1S/C18H21FN4O3.HI/c1-20-18(23-14-7-8-15(25-2)16(10-14)26-3)21-11-17(24)22-13-6-4-5-12(19)9-13;/h4-10H,11H2,1-3H3,(H,22,24)(H2,20,21,23);1H. The summed E-state index contributed by atoms with van der Waals surface area (Å²) in [6, 6.07) is 11.0. The first-order valence-electron chi connectivity index (χ1n) is 7.81. The Morgan fingerprint density at radius 1 is 1.04 bits per heavy atom. The number of amides is 1. The molecule has 2 aromatic rings. The zero-order valence-electron chi connectivity index (χ0n) is 15.2. The second-order valence-electron chi connectivity index (χ2n) is 5.18. The number of hydrogen-bond acceptors (Lipinski definition) is 4. The molecule has 0 aliphatic heterocycles. The molecule has 0 aromatic heterocycles. The Balaban J connectivity index is 0.00000364. The van der Waals surface area contributed by atoms with Gasteiger partial charge in [-0.25, -0.2) is 4.39 Å². The van der Waals surface area contributed by atoms with Crippen molar-refractivity contribution in [3.63, 3.8) is 0 Å². The van der Waals surface area contributed by atoms with Gasteiger partial charge in [0.1, 0.15) is 5.82 Å². The predicted molar refractivity (Wildman–Crippen MR) is 115 cm³/mol. The molecule has 27 heavy (non-hydrogen) atoms. The molecule has 0 fully saturated rings. The van der Waals surface area contributed by atoms with Gasteiger partial charge in [-0.1, -0.05) is 6.07 Å². The van der Waals surface area contributed by atoms with Crippen molar-refractivity contribution in [2.75, 3.05) is 38.4 Å². The van der Waals surface area contributed by atoms with Crippen LogP contribution in [0.5, 0.6) is 11.5 Å². The zero-order valence-corrected chi connectivity index (χ0v) is 17.5. The van der Waals surface area contributed by atoms with Gasteiger partial charge in [-0.15, -0.1) is 24.0 Å². The minimum absolute atomic E-state index is 0. The Morgan fingerprint density at radius 2 is 1.74 bits per heavy atom. The van der Waals surface area contributed by atoms with Crippen LogP contribution in [-0.2, 0) is 4.79 Å². The lowest BCUT2D eigenvalue weighted by atomic mass is 10.3. The van der Waals surface area contributed by atoms with Crippen molar-refractivity contribution >= 4 is 47.2 Å². The highest BCUT2D eigenvalue weighted by Crippen LogP contribution is 2.29. The van der Waals surface area contributed by atoms with Crippen molar-refractivity contribution in [3.05, 3.63) is 48.3 Å². The Kier molecular flexibility index (Phi) is 9.34. The van der Waals surface area contributed by atoms with E-state index in [1.807, 2.05) is 0 Å². The van der Waals surface area contributed by atoms with Crippen LogP contribution < -0.4 is 25.4 Å². The van der Waals surface area contributed by atoms with Gasteiger partial charge in [0.15, 0.2) is 17.5 Å². The smallest absolute Gasteiger partial charge is 0.243 e. The third-order valence-corrected chi connectivity index (χ3v) is 3.39. The monoisotopic (exact) mass is 488 g/mol. The number of guanidine groups is 1. The fraction of sp³-hybridized carbons (Fsp3) is 0.222. The van der Waals surface area contributed by atoms with E-state index in [9.17, 15) is 9.18 Å². The highest BCUT2D eigenvalue weighted by Gasteiger charge is 2.08. The molecule has 0 aliphatic carbocycles. The van der Waals surface area contributed by atoms with Crippen molar-refractivity contribution < 1.29 is 18.7 Å². The van der Waals surface area contributed by atoms with E-state index in [2.05, 4.69) is 20.9 Å². The molecule has 1 amide bonds. The summed E-state index contributed by atoms with van der Waals surface area (Å²) in [5, 5.41) is 8.52. The Labute approximate surface area is 174 Å². The highest BCUT2D eigenvalue weighted by molar-refractivity contribution is 14.0. The molecule has 0 spiro atoms. The maximum Gasteiger partial charge on any atom is 0.243 e. The van der Waals surface area contributed by atoms with E-state index in [4.69, 9.17) is 9.47 Å². The molecule has 0 saturated carbocycles. The van der Waals surface area contributed by atoms with Crippen molar-refractivity contribution in [1.82, 2.24) is 5.32 Å². The Hall–Kier alpha value is -2.56. The van der Waals surface area contributed by atoms with Crippen molar-refractivity contribution in [3.8, 4) is 11.5 Å². The van der Waals surface area contributed by atoms with E-state index in [-0.39, 0.29) is 36.4 Å². The minimum Gasteiger partial charge on any atom is -0.493 e. The third-order valence-electron chi connectivity index (χ3n) is 3.39. The molecule has 0 bridgehead atoms. The van der Waals surface area contributed by atoms with Gasteiger partial charge in [0.05, 0.1) is 20.8 Å². The first-order chi connectivity index (χ1) is 12.5. The molecule has 0 atom stereocenters. The van der Waals surface area contributed by atoms with Crippen LogP contribution in [0.15, 0.2) is 47.5 Å². The summed E-state index contributed by atoms with van der Waals surface area (Å²) in [4.78, 5) is 16.0. The van der Waals surface area contributed by atoms with Crippen LogP contribution in [0.3, 0.4) is 0 Å². The van der Waals surface area contributed by atoms with Crippen molar-refractivity contribution in [2.45, 2.75) is 0 Å². The normalized spacial score (nSPS) is 10.4. The maximum atomic E-state index is 13.1. The van der Waals surface area contributed by atoms with Crippen molar-refractivity contribution in [1.29, 1.82) is 0 Å². The number of carbonyl (C=O) groups excluding carboxylic acids is 1. The number of nitrogens with one attached hydrogen (secondary N) is 3. The quantitative estimate of drug-likeness (QED) is 0.331. The lowest BCUT2D eigenvalue weighted by molar-refractivity contribution is -0.115. The molecule has 2 rings (SSSR count). The number of anilines is 2. The Bertz CT molecular complexity index is 802. The number of aliphatic imine (C=N–C) groups is 1. The number of benzene rings is 2. The lowest BCUT2D eigenvalue weighted by Crippen LogP contribution is -2.37. The predicted octanol–water partition coefficient (Wildman–Crippen LogP) is 3.09.